The van der Waals surface area contributed by atoms with Gasteiger partial charge in [-0.2, -0.15) is 0 Å². The van der Waals surface area contributed by atoms with Crippen LogP contribution in [0, 0.1) is 5.92 Å². The third-order valence-corrected chi connectivity index (χ3v) is 9.52. The molecular weight excluding hydrogens is 572 g/mol. The number of esters is 1. The number of benzene rings is 2. The van der Waals surface area contributed by atoms with Crippen molar-refractivity contribution in [2.24, 2.45) is 5.92 Å². The van der Waals surface area contributed by atoms with Gasteiger partial charge in [0.25, 0.3) is 11.8 Å². The molecule has 1 unspecified atom stereocenters. The molecule has 2 aromatic carbocycles. The summed E-state index contributed by atoms with van der Waals surface area (Å²) in [5, 5.41) is 2.25. The van der Waals surface area contributed by atoms with Crippen LogP contribution in [-0.2, 0) is 14.3 Å². The number of nitrogens with one attached hydrogen (secondary N) is 1. The normalized spacial score (nSPS) is 22.1. The van der Waals surface area contributed by atoms with E-state index in [-0.39, 0.29) is 24.7 Å². The zero-order valence-corrected chi connectivity index (χ0v) is 26.3. The lowest BCUT2D eigenvalue weighted by Gasteiger charge is -2.38. The first kappa shape index (κ1) is 31.0. The van der Waals surface area contributed by atoms with Gasteiger partial charge < -0.3 is 14.5 Å². The van der Waals surface area contributed by atoms with E-state index in [4.69, 9.17) is 4.74 Å². The second-order valence-electron chi connectivity index (χ2n) is 13.8. The highest BCUT2D eigenvalue weighted by molar-refractivity contribution is 6.23. The minimum atomic E-state index is -0.946. The zero-order chi connectivity index (χ0) is 31.9. The fraction of sp³-hybridized carbons (Fsp3) is 0.514. The van der Waals surface area contributed by atoms with Crippen molar-refractivity contribution in [1.29, 1.82) is 0 Å². The Balaban J connectivity index is 0.981. The monoisotopic (exact) mass is 614 g/mol. The first-order valence-corrected chi connectivity index (χ1v) is 16.1. The molecule has 0 radical (unpaired) electrons. The lowest BCUT2D eigenvalue weighted by Crippen LogP contribution is -2.54. The second-order valence-corrected chi connectivity index (χ2v) is 13.8. The van der Waals surface area contributed by atoms with Gasteiger partial charge in [0, 0.05) is 31.7 Å². The summed E-state index contributed by atoms with van der Waals surface area (Å²) in [6.45, 7) is 10.6. The number of piperidine rings is 3. The van der Waals surface area contributed by atoms with Gasteiger partial charge in [-0.1, -0.05) is 6.07 Å². The third kappa shape index (κ3) is 6.66. The van der Waals surface area contributed by atoms with E-state index in [1.165, 1.54) is 0 Å². The summed E-state index contributed by atoms with van der Waals surface area (Å²) in [6, 6.07) is 12.3. The van der Waals surface area contributed by atoms with Gasteiger partial charge in [-0.3, -0.25) is 29.4 Å². The van der Waals surface area contributed by atoms with E-state index in [1.54, 1.807) is 6.07 Å². The van der Waals surface area contributed by atoms with E-state index in [2.05, 4.69) is 15.1 Å². The van der Waals surface area contributed by atoms with Crippen LogP contribution in [0.2, 0.25) is 0 Å². The average molecular weight is 615 g/mol. The number of nitrogens with zero attached hydrogens (tertiary/aromatic N) is 3. The molecule has 10 nitrogen and oxygen atoms in total. The summed E-state index contributed by atoms with van der Waals surface area (Å²) in [7, 11) is 0. The van der Waals surface area contributed by atoms with Crippen LogP contribution in [0.3, 0.4) is 0 Å². The predicted molar refractivity (Wildman–Crippen MR) is 168 cm³/mol. The van der Waals surface area contributed by atoms with Gasteiger partial charge in [0.2, 0.25) is 11.8 Å². The van der Waals surface area contributed by atoms with Crippen molar-refractivity contribution >= 4 is 35.3 Å². The van der Waals surface area contributed by atoms with E-state index in [0.29, 0.717) is 28.5 Å². The Kier molecular flexibility index (Phi) is 8.52. The van der Waals surface area contributed by atoms with E-state index in [1.807, 2.05) is 57.2 Å². The molecule has 0 bridgehead atoms. The predicted octanol–water partition coefficient (Wildman–Crippen LogP) is 4.14. The molecule has 4 aliphatic heterocycles. The fourth-order valence-electron chi connectivity index (χ4n) is 7.08. The zero-order valence-electron chi connectivity index (χ0n) is 26.3. The van der Waals surface area contributed by atoms with Gasteiger partial charge in [-0.25, -0.2) is 4.79 Å². The number of imide groups is 2. The molecule has 0 spiro atoms. The van der Waals surface area contributed by atoms with E-state index in [0.717, 1.165) is 74.6 Å². The largest absolute Gasteiger partial charge is 0.456 e. The molecule has 1 N–H and O–H groups in total. The SMILES string of the molecule is CC(C)(C)OC(=O)c1ccc(N2CCC(CN3CCC(c4ccc5c(c4)C(=O)N(C4CCC(=O)NC4=O)C5=O)CC3)CC2)cc1. The highest BCUT2D eigenvalue weighted by atomic mass is 16.6. The number of rotatable bonds is 6. The Morgan fingerprint density at radius 3 is 2.16 bits per heavy atom. The van der Waals surface area contributed by atoms with Crippen LogP contribution in [0.5, 0.6) is 0 Å². The van der Waals surface area contributed by atoms with Crippen molar-refractivity contribution in [3.05, 3.63) is 64.7 Å². The molecule has 10 heteroatoms. The lowest BCUT2D eigenvalue weighted by molar-refractivity contribution is -0.136. The first-order valence-electron chi connectivity index (χ1n) is 16.1. The Bertz CT molecular complexity index is 1500. The number of carbonyl (C=O) groups excluding carboxylic acids is 5. The van der Waals surface area contributed by atoms with Crippen molar-refractivity contribution in [3.63, 3.8) is 0 Å². The topological polar surface area (TPSA) is 116 Å². The maximum Gasteiger partial charge on any atom is 0.338 e. The van der Waals surface area contributed by atoms with E-state index in [9.17, 15) is 24.0 Å². The number of ether oxygens (including phenoxy) is 1. The minimum absolute atomic E-state index is 0.109. The van der Waals surface area contributed by atoms with Crippen LogP contribution >= 0.6 is 0 Å². The average Bonchev–Trinajstić information content (AvgIpc) is 3.26. The number of anilines is 1. The smallest absolute Gasteiger partial charge is 0.338 e. The van der Waals surface area contributed by atoms with Crippen molar-refractivity contribution in [2.75, 3.05) is 37.6 Å². The number of likely N-dealkylation sites (tertiary alicyclic amines) is 1. The lowest BCUT2D eigenvalue weighted by atomic mass is 9.87. The summed E-state index contributed by atoms with van der Waals surface area (Å²) in [5.41, 5.74) is 2.94. The van der Waals surface area contributed by atoms with Crippen molar-refractivity contribution in [3.8, 4) is 0 Å². The van der Waals surface area contributed by atoms with Crippen LogP contribution in [0.4, 0.5) is 5.69 Å². The third-order valence-electron chi connectivity index (χ3n) is 9.52. The maximum absolute atomic E-state index is 13.3. The van der Waals surface area contributed by atoms with Crippen LogP contribution in [0.25, 0.3) is 0 Å². The molecule has 4 aliphatic rings. The van der Waals surface area contributed by atoms with Gasteiger partial charge in [-0.15, -0.1) is 0 Å². The fourth-order valence-corrected chi connectivity index (χ4v) is 7.08. The molecule has 2 aromatic rings. The van der Waals surface area contributed by atoms with Gasteiger partial charge in [0.15, 0.2) is 0 Å². The number of hydrogen-bond acceptors (Lipinski definition) is 8. The van der Waals surface area contributed by atoms with Crippen molar-refractivity contribution in [2.45, 2.75) is 76.9 Å². The molecule has 6 rings (SSSR count). The summed E-state index contributed by atoms with van der Waals surface area (Å²) in [6.07, 6.45) is 4.49. The Morgan fingerprint density at radius 2 is 1.51 bits per heavy atom. The molecule has 3 saturated heterocycles. The van der Waals surface area contributed by atoms with Crippen molar-refractivity contribution in [1.82, 2.24) is 15.1 Å². The molecule has 0 aromatic heterocycles. The molecule has 45 heavy (non-hydrogen) atoms. The van der Waals surface area contributed by atoms with Crippen LogP contribution in [0.15, 0.2) is 42.5 Å². The van der Waals surface area contributed by atoms with Gasteiger partial charge >= 0.3 is 5.97 Å². The molecular formula is C35H42N4O6. The number of fused-ring (bicyclic) bond motifs is 1. The molecule has 4 amide bonds. The van der Waals surface area contributed by atoms with Crippen molar-refractivity contribution < 1.29 is 28.7 Å². The Morgan fingerprint density at radius 1 is 0.844 bits per heavy atom. The quantitative estimate of drug-likeness (QED) is 0.381. The van der Waals surface area contributed by atoms with Crippen LogP contribution in [-0.4, -0.2) is 83.8 Å². The molecule has 0 aliphatic carbocycles. The van der Waals surface area contributed by atoms with Gasteiger partial charge in [0.1, 0.15) is 11.6 Å². The standard InChI is InChI=1S/C35H42N4O6/c1-35(2,3)45-34(44)24-4-7-26(8-5-24)38-18-12-22(13-19-38)21-37-16-14-23(15-17-37)25-6-9-27-28(20-25)33(43)39(32(27)42)29-10-11-30(40)36-31(29)41/h4-9,20,22-23,29H,10-19,21H2,1-3H3,(H,36,40,41). The van der Waals surface area contributed by atoms with E-state index < -0.39 is 29.4 Å². The summed E-state index contributed by atoms with van der Waals surface area (Å²) in [5.74, 6) is -1.23. The number of carbonyl (C=O) groups is 5. The van der Waals surface area contributed by atoms with E-state index >= 15 is 0 Å². The summed E-state index contributed by atoms with van der Waals surface area (Å²) in [4.78, 5) is 68.5. The highest BCUT2D eigenvalue weighted by Gasteiger charge is 2.44. The Labute approximate surface area is 264 Å². The molecule has 3 fully saturated rings. The second kappa shape index (κ2) is 12.4. The van der Waals surface area contributed by atoms with Crippen LogP contribution in [0.1, 0.15) is 102 Å². The molecule has 4 heterocycles. The summed E-state index contributed by atoms with van der Waals surface area (Å²) < 4.78 is 5.48. The van der Waals surface area contributed by atoms with Crippen LogP contribution < -0.4 is 10.2 Å². The van der Waals surface area contributed by atoms with Gasteiger partial charge in [0.05, 0.1) is 16.7 Å². The minimum Gasteiger partial charge on any atom is -0.456 e. The molecule has 1 atom stereocenters. The number of hydrogen-bond donors (Lipinski definition) is 1. The maximum atomic E-state index is 13.3. The molecule has 238 valence electrons. The Hall–Kier alpha value is -4.05. The number of amides is 4. The van der Waals surface area contributed by atoms with Gasteiger partial charge in [-0.05, 0) is 120 Å². The highest BCUT2D eigenvalue weighted by Crippen LogP contribution is 2.34. The molecule has 0 saturated carbocycles. The summed E-state index contributed by atoms with van der Waals surface area (Å²) >= 11 is 0. The first-order chi connectivity index (χ1) is 21.5.